The van der Waals surface area contributed by atoms with Gasteiger partial charge in [0.25, 0.3) is 0 Å². The highest BCUT2D eigenvalue weighted by atomic mass is 16.3. The second-order valence-electron chi connectivity index (χ2n) is 7.26. The maximum absolute atomic E-state index is 10.6. The Labute approximate surface area is 120 Å². The zero-order chi connectivity index (χ0) is 15.1. The summed E-state index contributed by atoms with van der Waals surface area (Å²) >= 11 is 0. The molecule has 0 amide bonds. The molecule has 0 aliphatic heterocycles. The molecule has 108 valence electrons. The van der Waals surface area contributed by atoms with Crippen molar-refractivity contribution in [3.05, 3.63) is 35.7 Å². The highest BCUT2D eigenvalue weighted by Crippen LogP contribution is 2.41. The molecule has 0 unspecified atom stereocenters. The van der Waals surface area contributed by atoms with Gasteiger partial charge in [0, 0.05) is 16.7 Å². The molecular formula is C17H23NO2. The molecule has 1 heterocycles. The second-order valence-corrected chi connectivity index (χ2v) is 7.26. The van der Waals surface area contributed by atoms with Crippen molar-refractivity contribution in [2.24, 2.45) is 0 Å². The van der Waals surface area contributed by atoms with Crippen molar-refractivity contribution in [1.82, 2.24) is 4.98 Å². The van der Waals surface area contributed by atoms with E-state index < -0.39 is 0 Å². The van der Waals surface area contributed by atoms with Crippen LogP contribution >= 0.6 is 0 Å². The first-order chi connectivity index (χ1) is 9.10. The summed E-state index contributed by atoms with van der Waals surface area (Å²) < 4.78 is 5.40. The molecule has 0 saturated carbocycles. The fraction of sp³-hybridized carbons (Fsp3) is 0.471. The van der Waals surface area contributed by atoms with E-state index in [4.69, 9.17) is 4.42 Å². The fourth-order valence-electron chi connectivity index (χ4n) is 2.27. The Bertz CT molecular complexity index is 564. The lowest BCUT2D eigenvalue weighted by molar-refractivity contribution is 0.423. The predicted molar refractivity (Wildman–Crippen MR) is 81.0 cm³/mol. The zero-order valence-electron chi connectivity index (χ0n) is 13.1. The number of benzene rings is 1. The highest BCUT2D eigenvalue weighted by Gasteiger charge is 2.27. The molecule has 0 fully saturated rings. The van der Waals surface area contributed by atoms with E-state index in [-0.39, 0.29) is 10.8 Å². The van der Waals surface area contributed by atoms with Crippen LogP contribution in [0, 0.1) is 0 Å². The third kappa shape index (κ3) is 2.72. The molecule has 0 aliphatic rings. The maximum atomic E-state index is 10.6. The molecule has 0 aliphatic carbocycles. The van der Waals surface area contributed by atoms with Crippen LogP contribution in [0.15, 0.2) is 29.0 Å². The number of hydrogen-bond donors (Lipinski definition) is 1. The first-order valence-electron chi connectivity index (χ1n) is 6.88. The van der Waals surface area contributed by atoms with Gasteiger partial charge in [-0.3, -0.25) is 0 Å². The van der Waals surface area contributed by atoms with E-state index in [0.717, 1.165) is 16.7 Å². The SMILES string of the molecule is CC(C)(C)c1cc(-c2ncco2)cc(C(C)(C)C)c1O. The minimum atomic E-state index is -0.146. The summed E-state index contributed by atoms with van der Waals surface area (Å²) in [6, 6.07) is 3.94. The van der Waals surface area contributed by atoms with Gasteiger partial charge in [0.2, 0.25) is 5.89 Å². The molecule has 2 rings (SSSR count). The number of oxazole rings is 1. The minimum absolute atomic E-state index is 0.146. The smallest absolute Gasteiger partial charge is 0.225 e. The molecule has 3 heteroatoms. The Morgan fingerprint density at radius 3 is 1.80 bits per heavy atom. The van der Waals surface area contributed by atoms with Crippen molar-refractivity contribution >= 4 is 0 Å². The van der Waals surface area contributed by atoms with Gasteiger partial charge in [-0.05, 0) is 23.0 Å². The molecule has 0 spiro atoms. The first-order valence-corrected chi connectivity index (χ1v) is 6.88. The third-order valence-corrected chi connectivity index (χ3v) is 3.41. The number of hydrogen-bond acceptors (Lipinski definition) is 3. The molecule has 1 N–H and O–H groups in total. The number of aromatic hydroxyl groups is 1. The van der Waals surface area contributed by atoms with Gasteiger partial charge in [0.1, 0.15) is 12.0 Å². The lowest BCUT2D eigenvalue weighted by atomic mass is 9.78. The molecule has 20 heavy (non-hydrogen) atoms. The Balaban J connectivity index is 2.74. The first kappa shape index (κ1) is 14.6. The van der Waals surface area contributed by atoms with Gasteiger partial charge in [-0.25, -0.2) is 4.98 Å². The summed E-state index contributed by atoms with van der Waals surface area (Å²) in [4.78, 5) is 4.21. The van der Waals surface area contributed by atoms with Crippen molar-refractivity contribution < 1.29 is 9.52 Å². The van der Waals surface area contributed by atoms with E-state index in [2.05, 4.69) is 46.5 Å². The molecule has 0 saturated heterocycles. The van der Waals surface area contributed by atoms with Gasteiger partial charge in [-0.1, -0.05) is 41.5 Å². The average molecular weight is 273 g/mol. The maximum Gasteiger partial charge on any atom is 0.225 e. The summed E-state index contributed by atoms with van der Waals surface area (Å²) in [5.74, 6) is 0.960. The Morgan fingerprint density at radius 2 is 1.45 bits per heavy atom. The Morgan fingerprint density at radius 1 is 0.950 bits per heavy atom. The molecule has 3 nitrogen and oxygen atoms in total. The largest absolute Gasteiger partial charge is 0.507 e. The van der Waals surface area contributed by atoms with Gasteiger partial charge < -0.3 is 9.52 Å². The molecular weight excluding hydrogens is 250 g/mol. The van der Waals surface area contributed by atoms with Crippen LogP contribution in [0.5, 0.6) is 5.75 Å². The second kappa shape index (κ2) is 4.65. The number of aromatic nitrogens is 1. The Kier molecular flexibility index (Phi) is 3.41. The third-order valence-electron chi connectivity index (χ3n) is 3.41. The zero-order valence-corrected chi connectivity index (χ0v) is 13.1. The lowest BCUT2D eigenvalue weighted by Crippen LogP contribution is -2.17. The van der Waals surface area contributed by atoms with Crippen LogP contribution in [0.1, 0.15) is 52.7 Å². The standard InChI is InChI=1S/C17H23NO2/c1-16(2,3)12-9-11(15-18-7-8-20-15)10-13(14(12)19)17(4,5)6/h7-10,19H,1-6H3. The highest BCUT2D eigenvalue weighted by molar-refractivity contribution is 5.62. The van der Waals surface area contributed by atoms with E-state index in [0.29, 0.717) is 11.6 Å². The van der Waals surface area contributed by atoms with Crippen molar-refractivity contribution in [3.63, 3.8) is 0 Å². The van der Waals surface area contributed by atoms with Crippen molar-refractivity contribution in [2.75, 3.05) is 0 Å². The van der Waals surface area contributed by atoms with Crippen LogP contribution in [-0.2, 0) is 10.8 Å². The van der Waals surface area contributed by atoms with E-state index in [9.17, 15) is 5.11 Å². The Hall–Kier alpha value is -1.77. The summed E-state index contributed by atoms with van der Waals surface area (Å²) in [7, 11) is 0. The van der Waals surface area contributed by atoms with Crippen LogP contribution in [0.4, 0.5) is 0 Å². The van der Waals surface area contributed by atoms with Crippen molar-refractivity contribution in [3.8, 4) is 17.2 Å². The molecule has 0 bridgehead atoms. The quantitative estimate of drug-likeness (QED) is 0.823. The number of phenols is 1. The van der Waals surface area contributed by atoms with E-state index in [1.54, 1.807) is 12.5 Å². The fourth-order valence-corrected chi connectivity index (χ4v) is 2.27. The monoisotopic (exact) mass is 273 g/mol. The van der Waals surface area contributed by atoms with Gasteiger partial charge >= 0.3 is 0 Å². The summed E-state index contributed by atoms with van der Waals surface area (Å²) in [5, 5.41) is 10.6. The topological polar surface area (TPSA) is 46.3 Å². The summed E-state index contributed by atoms with van der Waals surface area (Å²) in [6.07, 6.45) is 3.20. The van der Waals surface area contributed by atoms with Crippen LogP contribution < -0.4 is 0 Å². The minimum Gasteiger partial charge on any atom is -0.507 e. The average Bonchev–Trinajstić information content (AvgIpc) is 2.79. The van der Waals surface area contributed by atoms with E-state index >= 15 is 0 Å². The summed E-state index contributed by atoms with van der Waals surface area (Å²) in [6.45, 7) is 12.5. The number of rotatable bonds is 1. The van der Waals surface area contributed by atoms with Gasteiger partial charge in [-0.2, -0.15) is 0 Å². The number of nitrogens with zero attached hydrogens (tertiary/aromatic N) is 1. The van der Waals surface area contributed by atoms with Gasteiger partial charge in [-0.15, -0.1) is 0 Å². The lowest BCUT2D eigenvalue weighted by Gasteiger charge is -2.27. The molecule has 0 radical (unpaired) electrons. The van der Waals surface area contributed by atoms with Crippen molar-refractivity contribution in [1.29, 1.82) is 0 Å². The summed E-state index contributed by atoms with van der Waals surface area (Å²) in [5.41, 5.74) is 2.44. The molecule has 1 aromatic carbocycles. The molecule has 2 aromatic rings. The van der Waals surface area contributed by atoms with Gasteiger partial charge in [0.15, 0.2) is 0 Å². The normalized spacial score (nSPS) is 12.7. The predicted octanol–water partition coefficient (Wildman–Crippen LogP) is 4.64. The van der Waals surface area contributed by atoms with Crippen LogP contribution in [0.25, 0.3) is 11.5 Å². The molecule has 1 aromatic heterocycles. The van der Waals surface area contributed by atoms with E-state index in [1.807, 2.05) is 12.1 Å². The molecule has 0 atom stereocenters. The van der Waals surface area contributed by atoms with Crippen LogP contribution in [0.3, 0.4) is 0 Å². The van der Waals surface area contributed by atoms with Crippen LogP contribution in [-0.4, -0.2) is 10.1 Å². The van der Waals surface area contributed by atoms with E-state index in [1.165, 1.54) is 0 Å². The van der Waals surface area contributed by atoms with Gasteiger partial charge in [0.05, 0.1) is 6.20 Å². The van der Waals surface area contributed by atoms with Crippen molar-refractivity contribution in [2.45, 2.75) is 52.4 Å². The number of phenolic OH excluding ortho intramolecular Hbond substituents is 1. The van der Waals surface area contributed by atoms with Crippen LogP contribution in [0.2, 0.25) is 0 Å².